The third-order valence-electron chi connectivity index (χ3n) is 3.60. The molecular formula is C20H19FN4O3S2. The van der Waals surface area contributed by atoms with Crippen LogP contribution in [0.3, 0.4) is 0 Å². The minimum Gasteiger partial charge on any atom is -0.466 e. The first-order valence-electron chi connectivity index (χ1n) is 8.99. The van der Waals surface area contributed by atoms with Gasteiger partial charge in [0.2, 0.25) is 5.91 Å². The number of carbonyl (C=O) groups is 2. The van der Waals surface area contributed by atoms with Crippen molar-refractivity contribution in [2.24, 2.45) is 0 Å². The highest BCUT2D eigenvalue weighted by Crippen LogP contribution is 2.28. The second-order valence-corrected chi connectivity index (χ2v) is 8.51. The van der Waals surface area contributed by atoms with Gasteiger partial charge in [0.25, 0.3) is 11.1 Å². The molecule has 30 heavy (non-hydrogen) atoms. The van der Waals surface area contributed by atoms with Crippen LogP contribution in [0.5, 0.6) is 5.19 Å². The molecule has 0 spiro atoms. The fourth-order valence-electron chi connectivity index (χ4n) is 2.34. The Hall–Kier alpha value is -2.98. The van der Waals surface area contributed by atoms with Gasteiger partial charge in [0.15, 0.2) is 4.34 Å². The highest BCUT2D eigenvalue weighted by Gasteiger charge is 2.15. The Bertz CT molecular complexity index is 1020. The van der Waals surface area contributed by atoms with Gasteiger partial charge in [-0.3, -0.25) is 9.59 Å². The molecule has 0 unspecified atom stereocenters. The van der Waals surface area contributed by atoms with Crippen molar-refractivity contribution in [2.45, 2.75) is 24.3 Å². The molecule has 0 fully saturated rings. The number of anilines is 2. The highest BCUT2D eigenvalue weighted by molar-refractivity contribution is 8.01. The number of nitrogens with one attached hydrogen (secondary N) is 2. The number of thioether (sulfide) groups is 1. The molecule has 156 valence electrons. The van der Waals surface area contributed by atoms with E-state index in [-0.39, 0.29) is 17.8 Å². The van der Waals surface area contributed by atoms with E-state index in [0.717, 1.165) is 0 Å². The Balaban J connectivity index is 1.59. The van der Waals surface area contributed by atoms with Crippen LogP contribution in [-0.2, 0) is 4.79 Å². The monoisotopic (exact) mass is 446 g/mol. The van der Waals surface area contributed by atoms with Crippen molar-refractivity contribution in [3.63, 3.8) is 0 Å². The molecule has 2 aromatic carbocycles. The highest BCUT2D eigenvalue weighted by atomic mass is 32.2. The van der Waals surface area contributed by atoms with E-state index in [9.17, 15) is 14.0 Å². The van der Waals surface area contributed by atoms with Crippen molar-refractivity contribution < 1.29 is 18.7 Å². The summed E-state index contributed by atoms with van der Waals surface area (Å²) in [6.45, 7) is 3.79. The summed E-state index contributed by atoms with van der Waals surface area (Å²) in [7, 11) is 0. The van der Waals surface area contributed by atoms with Crippen molar-refractivity contribution >= 4 is 46.3 Å². The summed E-state index contributed by atoms with van der Waals surface area (Å²) in [5.41, 5.74) is 1.13. The molecule has 7 nitrogen and oxygen atoms in total. The SMILES string of the molecule is CC(C)Oc1nnc(SCC(=O)Nc2ccccc2C(=O)Nc2ccc(F)cc2)s1. The molecule has 1 heterocycles. The Labute approximate surface area is 181 Å². The summed E-state index contributed by atoms with van der Waals surface area (Å²) < 4.78 is 19.1. The van der Waals surface area contributed by atoms with Crippen LogP contribution in [0.25, 0.3) is 0 Å². The van der Waals surface area contributed by atoms with Gasteiger partial charge in [0, 0.05) is 5.69 Å². The van der Waals surface area contributed by atoms with Crippen LogP contribution in [0.2, 0.25) is 0 Å². The number of nitrogens with zero attached hydrogens (tertiary/aromatic N) is 2. The van der Waals surface area contributed by atoms with Crippen molar-refractivity contribution in [2.75, 3.05) is 16.4 Å². The van der Waals surface area contributed by atoms with E-state index < -0.39 is 11.7 Å². The quantitative estimate of drug-likeness (QED) is 0.497. The number of ether oxygens (including phenoxy) is 1. The van der Waals surface area contributed by atoms with E-state index in [1.165, 1.54) is 47.4 Å². The number of amides is 2. The Morgan fingerprint density at radius 1 is 1.10 bits per heavy atom. The normalized spacial score (nSPS) is 10.7. The number of hydrogen-bond donors (Lipinski definition) is 2. The number of para-hydroxylation sites is 1. The van der Waals surface area contributed by atoms with Crippen LogP contribution < -0.4 is 15.4 Å². The van der Waals surface area contributed by atoms with Gasteiger partial charge in [0.1, 0.15) is 5.82 Å². The molecule has 3 aromatic rings. The van der Waals surface area contributed by atoms with Crippen LogP contribution in [0.4, 0.5) is 15.8 Å². The van der Waals surface area contributed by atoms with Gasteiger partial charge in [-0.2, -0.15) is 0 Å². The predicted octanol–water partition coefficient (Wildman–Crippen LogP) is 4.45. The fraction of sp³-hybridized carbons (Fsp3) is 0.200. The van der Waals surface area contributed by atoms with E-state index in [1.54, 1.807) is 24.3 Å². The lowest BCUT2D eigenvalue weighted by Gasteiger charge is -2.11. The van der Waals surface area contributed by atoms with Crippen molar-refractivity contribution in [3.8, 4) is 5.19 Å². The largest absolute Gasteiger partial charge is 0.466 e. The Kier molecular flexibility index (Phi) is 7.36. The van der Waals surface area contributed by atoms with Crippen molar-refractivity contribution in [3.05, 3.63) is 59.9 Å². The summed E-state index contributed by atoms with van der Waals surface area (Å²) in [4.78, 5) is 24.9. The molecule has 1 aromatic heterocycles. The molecule has 0 aliphatic heterocycles. The molecule has 3 rings (SSSR count). The number of rotatable bonds is 8. The molecule has 2 amide bonds. The van der Waals surface area contributed by atoms with Gasteiger partial charge in [-0.1, -0.05) is 29.0 Å². The number of benzene rings is 2. The van der Waals surface area contributed by atoms with Crippen LogP contribution >= 0.6 is 23.1 Å². The predicted molar refractivity (Wildman–Crippen MR) is 116 cm³/mol. The topological polar surface area (TPSA) is 93.2 Å². The van der Waals surface area contributed by atoms with E-state index in [1.807, 2.05) is 13.8 Å². The zero-order valence-electron chi connectivity index (χ0n) is 16.2. The summed E-state index contributed by atoms with van der Waals surface area (Å²) in [5, 5.41) is 13.8. The van der Waals surface area contributed by atoms with Crippen LogP contribution in [0.15, 0.2) is 52.9 Å². The van der Waals surface area contributed by atoms with Crippen LogP contribution in [0.1, 0.15) is 24.2 Å². The maximum atomic E-state index is 13.0. The summed E-state index contributed by atoms with van der Waals surface area (Å²) in [5.74, 6) is -0.991. The van der Waals surface area contributed by atoms with E-state index >= 15 is 0 Å². The second kappa shape index (κ2) is 10.2. The van der Waals surface area contributed by atoms with Gasteiger partial charge in [-0.15, -0.1) is 5.10 Å². The maximum absolute atomic E-state index is 13.0. The van der Waals surface area contributed by atoms with Gasteiger partial charge in [-0.25, -0.2) is 4.39 Å². The Morgan fingerprint density at radius 2 is 1.83 bits per heavy atom. The number of carbonyl (C=O) groups excluding carboxylic acids is 2. The standard InChI is InChI=1S/C20H19FN4O3S2/c1-12(2)28-19-24-25-20(30-19)29-11-17(26)23-16-6-4-3-5-15(16)18(27)22-14-9-7-13(21)8-10-14/h3-10,12H,11H2,1-2H3,(H,22,27)(H,23,26). The number of aromatic nitrogens is 2. The van der Waals surface area contributed by atoms with Gasteiger partial charge >= 0.3 is 0 Å². The maximum Gasteiger partial charge on any atom is 0.295 e. The zero-order valence-corrected chi connectivity index (χ0v) is 17.8. The smallest absolute Gasteiger partial charge is 0.295 e. The molecule has 0 saturated heterocycles. The molecule has 0 bridgehead atoms. The van der Waals surface area contributed by atoms with Crippen LogP contribution in [-0.4, -0.2) is 33.9 Å². The molecule has 0 atom stereocenters. The molecule has 0 aliphatic rings. The lowest BCUT2D eigenvalue weighted by Crippen LogP contribution is -2.19. The minimum absolute atomic E-state index is 0.00310. The number of hydrogen-bond acceptors (Lipinski definition) is 7. The molecule has 0 aliphatic carbocycles. The third kappa shape index (κ3) is 6.26. The second-order valence-electron chi connectivity index (χ2n) is 6.34. The molecule has 10 heteroatoms. The van der Waals surface area contributed by atoms with E-state index in [0.29, 0.717) is 26.5 Å². The van der Waals surface area contributed by atoms with E-state index in [4.69, 9.17) is 4.74 Å². The fourth-order valence-corrected chi connectivity index (χ4v) is 3.94. The molecule has 0 radical (unpaired) electrons. The van der Waals surface area contributed by atoms with Crippen molar-refractivity contribution in [1.82, 2.24) is 10.2 Å². The minimum atomic E-state index is -0.412. The van der Waals surface area contributed by atoms with Crippen molar-refractivity contribution in [1.29, 1.82) is 0 Å². The first kappa shape index (κ1) is 21.7. The first-order chi connectivity index (χ1) is 14.4. The number of halogens is 1. The molecule has 2 N–H and O–H groups in total. The summed E-state index contributed by atoms with van der Waals surface area (Å²) >= 11 is 2.50. The lowest BCUT2D eigenvalue weighted by molar-refractivity contribution is -0.113. The molecular weight excluding hydrogens is 427 g/mol. The first-order valence-corrected chi connectivity index (χ1v) is 10.8. The lowest BCUT2D eigenvalue weighted by atomic mass is 10.1. The van der Waals surface area contributed by atoms with E-state index in [2.05, 4.69) is 20.8 Å². The summed E-state index contributed by atoms with van der Waals surface area (Å²) in [6, 6.07) is 12.1. The average molecular weight is 447 g/mol. The zero-order chi connectivity index (χ0) is 21.5. The van der Waals surface area contributed by atoms with Gasteiger partial charge in [-0.05, 0) is 61.6 Å². The van der Waals surface area contributed by atoms with Crippen LogP contribution in [0, 0.1) is 5.82 Å². The van der Waals surface area contributed by atoms with Gasteiger partial charge < -0.3 is 15.4 Å². The Morgan fingerprint density at radius 3 is 2.57 bits per heavy atom. The van der Waals surface area contributed by atoms with Gasteiger partial charge in [0.05, 0.1) is 23.1 Å². The average Bonchev–Trinajstić information content (AvgIpc) is 3.15. The molecule has 0 saturated carbocycles. The third-order valence-corrected chi connectivity index (χ3v) is 5.55. The summed E-state index contributed by atoms with van der Waals surface area (Å²) in [6.07, 6.45) is -0.00310.